The number of nitrogens with zero attached hydrogens (tertiary/aromatic N) is 5. The minimum absolute atomic E-state index is 0.649. The minimum Gasteiger partial charge on any atom is -0.353 e. The van der Waals surface area contributed by atoms with Crippen molar-refractivity contribution < 1.29 is 0 Å². The molecule has 0 saturated heterocycles. The zero-order valence-electron chi connectivity index (χ0n) is 14.0. The lowest BCUT2D eigenvalue weighted by Gasteiger charge is -2.18. The van der Waals surface area contributed by atoms with Gasteiger partial charge in [-0.3, -0.25) is 9.97 Å². The smallest absolute Gasteiger partial charge is 0.141 e. The first kappa shape index (κ1) is 15.7. The molecule has 0 aliphatic heterocycles. The van der Waals surface area contributed by atoms with Crippen molar-refractivity contribution in [2.24, 2.45) is 0 Å². The lowest BCUT2D eigenvalue weighted by molar-refractivity contribution is 0.853. The summed E-state index contributed by atoms with van der Waals surface area (Å²) in [7, 11) is 2.02. The van der Waals surface area contributed by atoms with Crippen LogP contribution in [0.15, 0.2) is 55.0 Å². The molecule has 0 N–H and O–H groups in total. The molecule has 0 aliphatic carbocycles. The van der Waals surface area contributed by atoms with E-state index in [2.05, 4.69) is 55.2 Å². The molecular weight excluding hydrogens is 330 g/mol. The van der Waals surface area contributed by atoms with Crippen molar-refractivity contribution in [2.45, 2.75) is 13.5 Å². The molecule has 0 radical (unpaired) electrons. The summed E-state index contributed by atoms with van der Waals surface area (Å²) in [5.74, 6) is 1.70. The predicted molar refractivity (Wildman–Crippen MR) is 102 cm³/mol. The summed E-state index contributed by atoms with van der Waals surface area (Å²) >= 11 is 1.70. The zero-order chi connectivity index (χ0) is 17.2. The number of rotatable bonds is 4. The van der Waals surface area contributed by atoms with Crippen LogP contribution in [0.2, 0.25) is 0 Å². The third-order valence-corrected chi connectivity index (χ3v) is 5.00. The molecule has 0 amide bonds. The summed E-state index contributed by atoms with van der Waals surface area (Å²) in [5, 5.41) is 1.07. The Bertz CT molecular complexity index is 998. The molecule has 6 heteroatoms. The molecule has 0 atom stereocenters. The quantitative estimate of drug-likeness (QED) is 0.556. The van der Waals surface area contributed by atoms with E-state index in [4.69, 9.17) is 0 Å². The van der Waals surface area contributed by atoms with Crippen LogP contribution in [-0.2, 0) is 6.54 Å². The van der Waals surface area contributed by atoms with Crippen molar-refractivity contribution in [3.63, 3.8) is 0 Å². The highest BCUT2D eigenvalue weighted by atomic mass is 32.1. The van der Waals surface area contributed by atoms with Crippen molar-refractivity contribution in [3.05, 3.63) is 66.5 Å². The van der Waals surface area contributed by atoms with Crippen LogP contribution in [0.1, 0.15) is 11.5 Å². The van der Waals surface area contributed by atoms with Gasteiger partial charge in [-0.1, -0.05) is 30.3 Å². The zero-order valence-corrected chi connectivity index (χ0v) is 14.9. The molecule has 3 aromatic heterocycles. The Hall–Kier alpha value is -2.86. The van der Waals surface area contributed by atoms with E-state index >= 15 is 0 Å². The average Bonchev–Trinajstić information content (AvgIpc) is 3.06. The molecule has 0 unspecified atom stereocenters. The number of thiophene rings is 1. The third kappa shape index (κ3) is 3.21. The van der Waals surface area contributed by atoms with E-state index < -0.39 is 0 Å². The molecular formula is C19H17N5S. The fourth-order valence-corrected chi connectivity index (χ4v) is 3.85. The van der Waals surface area contributed by atoms with Crippen molar-refractivity contribution in [1.82, 2.24) is 19.9 Å². The molecule has 4 aromatic rings. The Labute approximate surface area is 150 Å². The molecule has 0 fully saturated rings. The average molecular weight is 347 g/mol. The van der Waals surface area contributed by atoms with Gasteiger partial charge in [0.05, 0.1) is 23.8 Å². The Morgan fingerprint density at radius 2 is 1.92 bits per heavy atom. The number of benzene rings is 1. The van der Waals surface area contributed by atoms with E-state index in [1.54, 1.807) is 29.9 Å². The van der Waals surface area contributed by atoms with Gasteiger partial charge in [-0.15, -0.1) is 11.3 Å². The van der Waals surface area contributed by atoms with Crippen molar-refractivity contribution >= 4 is 27.4 Å². The maximum Gasteiger partial charge on any atom is 0.141 e. The highest BCUT2D eigenvalue weighted by molar-refractivity contribution is 7.21. The van der Waals surface area contributed by atoms with Gasteiger partial charge in [0, 0.05) is 24.3 Å². The fourth-order valence-electron chi connectivity index (χ4n) is 2.78. The topological polar surface area (TPSA) is 54.8 Å². The molecule has 0 saturated carbocycles. The Kier molecular flexibility index (Phi) is 4.11. The molecule has 124 valence electrons. The van der Waals surface area contributed by atoms with Gasteiger partial charge >= 0.3 is 0 Å². The molecule has 25 heavy (non-hydrogen) atoms. The second-order valence-corrected chi connectivity index (χ2v) is 6.87. The van der Waals surface area contributed by atoms with Crippen LogP contribution < -0.4 is 4.90 Å². The van der Waals surface area contributed by atoms with Gasteiger partial charge in [0.15, 0.2) is 0 Å². The van der Waals surface area contributed by atoms with E-state index in [9.17, 15) is 0 Å². The standard InChI is InChI=1S/C19H17N5S/c1-13-22-18(24(2)12-15-11-20-8-9-21-15)16-10-17(25-19(16)23-13)14-6-4-3-5-7-14/h3-11H,12H2,1-2H3. The number of fused-ring (bicyclic) bond motifs is 1. The van der Waals surface area contributed by atoms with Gasteiger partial charge in [-0.05, 0) is 18.6 Å². The van der Waals surface area contributed by atoms with Crippen molar-refractivity contribution in [3.8, 4) is 10.4 Å². The molecule has 0 spiro atoms. The molecule has 4 rings (SSSR count). The number of hydrogen-bond donors (Lipinski definition) is 0. The number of aromatic nitrogens is 4. The van der Waals surface area contributed by atoms with E-state index in [-0.39, 0.29) is 0 Å². The monoisotopic (exact) mass is 347 g/mol. The van der Waals surface area contributed by atoms with Gasteiger partial charge in [0.1, 0.15) is 16.5 Å². The number of aryl methyl sites for hydroxylation is 1. The van der Waals surface area contributed by atoms with Crippen LogP contribution >= 0.6 is 11.3 Å². The summed E-state index contributed by atoms with van der Waals surface area (Å²) in [6.45, 7) is 2.58. The van der Waals surface area contributed by atoms with Gasteiger partial charge in [-0.2, -0.15) is 0 Å². The summed E-state index contributed by atoms with van der Waals surface area (Å²) in [5.41, 5.74) is 2.11. The summed E-state index contributed by atoms with van der Waals surface area (Å²) in [6, 6.07) is 12.6. The molecule has 1 aromatic carbocycles. The number of hydrogen-bond acceptors (Lipinski definition) is 6. The van der Waals surface area contributed by atoms with E-state index in [1.807, 2.05) is 20.0 Å². The fraction of sp³-hybridized carbons (Fsp3) is 0.158. The Morgan fingerprint density at radius 3 is 2.68 bits per heavy atom. The van der Waals surface area contributed by atoms with Crippen LogP contribution in [-0.4, -0.2) is 27.0 Å². The van der Waals surface area contributed by atoms with E-state index in [0.717, 1.165) is 27.6 Å². The maximum atomic E-state index is 4.68. The highest BCUT2D eigenvalue weighted by Crippen LogP contribution is 2.36. The largest absolute Gasteiger partial charge is 0.353 e. The summed E-state index contributed by atoms with van der Waals surface area (Å²) in [6.07, 6.45) is 5.18. The SMILES string of the molecule is Cc1nc(N(C)Cc2cnccn2)c2cc(-c3ccccc3)sc2n1. The highest BCUT2D eigenvalue weighted by Gasteiger charge is 2.15. The Balaban J connectivity index is 1.76. The van der Waals surface area contributed by atoms with Crippen molar-refractivity contribution in [1.29, 1.82) is 0 Å². The van der Waals surface area contributed by atoms with Gasteiger partial charge in [0.2, 0.25) is 0 Å². The van der Waals surface area contributed by atoms with Crippen LogP contribution in [0.5, 0.6) is 0 Å². The maximum absolute atomic E-state index is 4.68. The Morgan fingerprint density at radius 1 is 1.08 bits per heavy atom. The van der Waals surface area contributed by atoms with E-state index in [0.29, 0.717) is 6.54 Å². The third-order valence-electron chi connectivity index (χ3n) is 3.92. The summed E-state index contributed by atoms with van der Waals surface area (Å²) in [4.78, 5) is 22.1. The second-order valence-electron chi connectivity index (χ2n) is 5.84. The second kappa shape index (κ2) is 6.57. The first-order chi connectivity index (χ1) is 12.2. The first-order valence-corrected chi connectivity index (χ1v) is 8.82. The van der Waals surface area contributed by atoms with Gasteiger partial charge < -0.3 is 4.90 Å². The lowest BCUT2D eigenvalue weighted by atomic mass is 10.2. The molecule has 3 heterocycles. The van der Waals surface area contributed by atoms with Crippen LogP contribution in [0, 0.1) is 6.92 Å². The van der Waals surface area contributed by atoms with Crippen LogP contribution in [0.3, 0.4) is 0 Å². The van der Waals surface area contributed by atoms with Crippen LogP contribution in [0.4, 0.5) is 5.82 Å². The molecule has 0 aliphatic rings. The lowest BCUT2D eigenvalue weighted by Crippen LogP contribution is -2.19. The minimum atomic E-state index is 0.649. The van der Waals surface area contributed by atoms with E-state index in [1.165, 1.54) is 10.4 Å². The predicted octanol–water partition coefficient (Wildman–Crippen LogP) is 4.09. The first-order valence-electron chi connectivity index (χ1n) is 8.00. The molecule has 5 nitrogen and oxygen atoms in total. The van der Waals surface area contributed by atoms with Gasteiger partial charge in [0.25, 0.3) is 0 Å². The molecule has 0 bridgehead atoms. The normalized spacial score (nSPS) is 11.0. The van der Waals surface area contributed by atoms with Crippen LogP contribution in [0.25, 0.3) is 20.7 Å². The van der Waals surface area contributed by atoms with Crippen molar-refractivity contribution in [2.75, 3.05) is 11.9 Å². The number of anilines is 1. The van der Waals surface area contributed by atoms with Gasteiger partial charge in [-0.25, -0.2) is 9.97 Å². The summed E-state index contributed by atoms with van der Waals surface area (Å²) < 4.78 is 0.